The van der Waals surface area contributed by atoms with Crippen LogP contribution in [-0.2, 0) is 0 Å². The molecule has 1 nitrogen and oxygen atoms in total. The second-order valence-corrected chi connectivity index (χ2v) is 4.49. The number of fused-ring (bicyclic) bond motifs is 1. The van der Waals surface area contributed by atoms with E-state index in [1.807, 2.05) is 0 Å². The van der Waals surface area contributed by atoms with Crippen LogP contribution in [-0.4, -0.2) is 11.7 Å². The molecule has 0 heterocycles. The fourth-order valence-electron chi connectivity index (χ4n) is 2.52. The van der Waals surface area contributed by atoms with Gasteiger partial charge in [-0.15, -0.1) is 0 Å². The maximum Gasteiger partial charge on any atom is 0.0641 e. The van der Waals surface area contributed by atoms with E-state index in [0.29, 0.717) is 5.41 Å². The van der Waals surface area contributed by atoms with E-state index in [2.05, 4.69) is 19.9 Å². The van der Waals surface area contributed by atoms with Crippen molar-refractivity contribution in [3.05, 3.63) is 11.6 Å². The third-order valence-corrected chi connectivity index (χ3v) is 3.63. The first kappa shape index (κ1) is 7.35. The van der Waals surface area contributed by atoms with Crippen molar-refractivity contribution in [2.45, 2.75) is 26.7 Å². The lowest BCUT2D eigenvalue weighted by molar-refractivity contribution is 0.320. The monoisotopic (exact) mass is 152 g/mol. The number of allylic oxidation sites excluding steroid dienone is 1. The molecule has 62 valence electrons. The van der Waals surface area contributed by atoms with E-state index < -0.39 is 0 Å². The summed E-state index contributed by atoms with van der Waals surface area (Å²) in [6.07, 6.45) is 4.58. The second kappa shape index (κ2) is 2.10. The normalized spacial score (nSPS) is 39.4. The van der Waals surface area contributed by atoms with Crippen LogP contribution in [0.2, 0.25) is 0 Å². The molecule has 0 bridgehead atoms. The Morgan fingerprint density at radius 1 is 1.55 bits per heavy atom. The SMILES string of the molecule is CC1(C)C2CC=C(CO)CC21. The van der Waals surface area contributed by atoms with Crippen LogP contribution in [0.25, 0.3) is 0 Å². The molecule has 0 spiro atoms. The van der Waals surface area contributed by atoms with Gasteiger partial charge in [0, 0.05) is 0 Å². The predicted octanol–water partition coefficient (Wildman–Crippen LogP) is 1.97. The minimum absolute atomic E-state index is 0.277. The van der Waals surface area contributed by atoms with Gasteiger partial charge in [0.2, 0.25) is 0 Å². The summed E-state index contributed by atoms with van der Waals surface area (Å²) in [7, 11) is 0. The molecule has 1 heteroatoms. The standard InChI is InChI=1S/C10H16O/c1-10(2)8-4-3-7(6-11)5-9(8)10/h3,8-9,11H,4-6H2,1-2H3. The van der Waals surface area contributed by atoms with Gasteiger partial charge < -0.3 is 5.11 Å². The molecule has 0 saturated heterocycles. The van der Waals surface area contributed by atoms with E-state index in [0.717, 1.165) is 18.3 Å². The highest BCUT2D eigenvalue weighted by molar-refractivity contribution is 5.20. The van der Waals surface area contributed by atoms with Crippen molar-refractivity contribution in [2.24, 2.45) is 17.3 Å². The predicted molar refractivity (Wildman–Crippen MR) is 45.2 cm³/mol. The van der Waals surface area contributed by atoms with Crippen molar-refractivity contribution in [3.8, 4) is 0 Å². The Labute approximate surface area is 68.1 Å². The summed E-state index contributed by atoms with van der Waals surface area (Å²) in [5, 5.41) is 8.93. The topological polar surface area (TPSA) is 20.2 Å². The van der Waals surface area contributed by atoms with Gasteiger partial charge in [0.1, 0.15) is 0 Å². The molecular weight excluding hydrogens is 136 g/mol. The molecule has 2 aliphatic rings. The number of aliphatic hydroxyl groups excluding tert-OH is 1. The van der Waals surface area contributed by atoms with Crippen molar-refractivity contribution >= 4 is 0 Å². The van der Waals surface area contributed by atoms with Gasteiger partial charge in [-0.1, -0.05) is 19.9 Å². The highest BCUT2D eigenvalue weighted by Gasteiger charge is 2.57. The Morgan fingerprint density at radius 3 is 2.82 bits per heavy atom. The van der Waals surface area contributed by atoms with Crippen molar-refractivity contribution in [3.63, 3.8) is 0 Å². The summed E-state index contributed by atoms with van der Waals surface area (Å²) < 4.78 is 0. The van der Waals surface area contributed by atoms with Crippen LogP contribution < -0.4 is 0 Å². The summed E-state index contributed by atoms with van der Waals surface area (Å²) in [4.78, 5) is 0. The van der Waals surface area contributed by atoms with Crippen LogP contribution in [0.4, 0.5) is 0 Å². The molecule has 0 radical (unpaired) electrons. The summed E-state index contributed by atoms with van der Waals surface area (Å²) in [6, 6.07) is 0. The number of hydrogen-bond donors (Lipinski definition) is 1. The highest BCUT2D eigenvalue weighted by atomic mass is 16.3. The molecule has 0 aromatic carbocycles. The van der Waals surface area contributed by atoms with Gasteiger partial charge >= 0.3 is 0 Å². The molecule has 1 fully saturated rings. The van der Waals surface area contributed by atoms with E-state index in [1.54, 1.807) is 0 Å². The van der Waals surface area contributed by atoms with E-state index in [4.69, 9.17) is 5.11 Å². The van der Waals surface area contributed by atoms with E-state index in [-0.39, 0.29) is 6.61 Å². The summed E-state index contributed by atoms with van der Waals surface area (Å²) in [5.74, 6) is 1.78. The van der Waals surface area contributed by atoms with Crippen LogP contribution in [0.15, 0.2) is 11.6 Å². The molecule has 0 aliphatic heterocycles. The van der Waals surface area contributed by atoms with E-state index in [9.17, 15) is 0 Å². The number of rotatable bonds is 1. The average molecular weight is 152 g/mol. The minimum Gasteiger partial charge on any atom is -0.392 e. The summed E-state index contributed by atoms with van der Waals surface area (Å²) >= 11 is 0. The van der Waals surface area contributed by atoms with E-state index in [1.165, 1.54) is 12.0 Å². The highest BCUT2D eigenvalue weighted by Crippen LogP contribution is 2.64. The second-order valence-electron chi connectivity index (χ2n) is 4.49. The Bertz CT molecular complexity index is 203. The maximum absolute atomic E-state index is 8.93. The van der Waals surface area contributed by atoms with Gasteiger partial charge in [0.25, 0.3) is 0 Å². The van der Waals surface area contributed by atoms with E-state index >= 15 is 0 Å². The third-order valence-electron chi connectivity index (χ3n) is 3.63. The minimum atomic E-state index is 0.277. The maximum atomic E-state index is 8.93. The quantitative estimate of drug-likeness (QED) is 0.569. The fraction of sp³-hybridized carbons (Fsp3) is 0.800. The van der Waals surface area contributed by atoms with Gasteiger partial charge in [-0.25, -0.2) is 0 Å². The summed E-state index contributed by atoms with van der Waals surface area (Å²) in [6.45, 7) is 4.96. The van der Waals surface area contributed by atoms with Gasteiger partial charge in [-0.05, 0) is 35.7 Å². The van der Waals surface area contributed by atoms with Crippen LogP contribution >= 0.6 is 0 Å². The van der Waals surface area contributed by atoms with Crippen molar-refractivity contribution < 1.29 is 5.11 Å². The van der Waals surface area contributed by atoms with Gasteiger partial charge in [0.05, 0.1) is 6.61 Å². The zero-order valence-corrected chi connectivity index (χ0v) is 7.30. The molecule has 0 aromatic heterocycles. The first-order chi connectivity index (χ1) is 5.16. The van der Waals surface area contributed by atoms with Gasteiger partial charge in [-0.2, -0.15) is 0 Å². The van der Waals surface area contributed by atoms with Crippen LogP contribution in [0, 0.1) is 17.3 Å². The Balaban J connectivity index is 2.06. The molecule has 2 rings (SSSR count). The van der Waals surface area contributed by atoms with Gasteiger partial charge in [0.15, 0.2) is 0 Å². The average Bonchev–Trinajstić information content (AvgIpc) is 2.55. The first-order valence-corrected chi connectivity index (χ1v) is 4.45. The fourth-order valence-corrected chi connectivity index (χ4v) is 2.52. The molecule has 2 atom stereocenters. The third kappa shape index (κ3) is 0.943. The lowest BCUT2D eigenvalue weighted by atomic mass is 10.0. The smallest absolute Gasteiger partial charge is 0.0641 e. The molecule has 2 aliphatic carbocycles. The van der Waals surface area contributed by atoms with Crippen molar-refractivity contribution in [2.75, 3.05) is 6.61 Å². The summed E-state index contributed by atoms with van der Waals surface area (Å²) in [5.41, 5.74) is 1.82. The number of aliphatic hydroxyl groups is 1. The lowest BCUT2D eigenvalue weighted by Gasteiger charge is -2.07. The molecular formula is C10H16O. The van der Waals surface area contributed by atoms with Crippen LogP contribution in [0.1, 0.15) is 26.7 Å². The molecule has 1 N–H and O–H groups in total. The van der Waals surface area contributed by atoms with Crippen molar-refractivity contribution in [1.82, 2.24) is 0 Å². The zero-order valence-electron chi connectivity index (χ0n) is 7.30. The molecule has 0 aromatic rings. The first-order valence-electron chi connectivity index (χ1n) is 4.45. The molecule has 0 amide bonds. The largest absolute Gasteiger partial charge is 0.392 e. The Morgan fingerprint density at radius 2 is 2.27 bits per heavy atom. The Hall–Kier alpha value is -0.300. The number of hydrogen-bond acceptors (Lipinski definition) is 1. The van der Waals surface area contributed by atoms with Gasteiger partial charge in [-0.3, -0.25) is 0 Å². The molecule has 11 heavy (non-hydrogen) atoms. The van der Waals surface area contributed by atoms with Crippen LogP contribution in [0.3, 0.4) is 0 Å². The zero-order chi connectivity index (χ0) is 8.06. The lowest BCUT2D eigenvalue weighted by Crippen LogP contribution is -1.98. The van der Waals surface area contributed by atoms with Crippen molar-refractivity contribution in [1.29, 1.82) is 0 Å². The molecule has 2 unspecified atom stereocenters. The van der Waals surface area contributed by atoms with Crippen LogP contribution in [0.5, 0.6) is 0 Å². The Kier molecular flexibility index (Phi) is 1.40. The molecule has 1 saturated carbocycles.